The second kappa shape index (κ2) is 9.86. The predicted molar refractivity (Wildman–Crippen MR) is 151 cm³/mol. The van der Waals surface area contributed by atoms with E-state index >= 15 is 0 Å². The van der Waals surface area contributed by atoms with Gasteiger partial charge in [-0.2, -0.15) is 8.78 Å². The van der Waals surface area contributed by atoms with Crippen molar-refractivity contribution in [2.45, 2.75) is 32.2 Å². The lowest BCUT2D eigenvalue weighted by Gasteiger charge is -2.58. The molecule has 1 aliphatic carbocycles. The Bertz CT molecular complexity index is 1580. The number of amides is 3. The molecule has 3 aromatic rings. The first-order chi connectivity index (χ1) is 19.4. The lowest BCUT2D eigenvalue weighted by atomic mass is 9.62. The first-order valence-electron chi connectivity index (χ1n) is 13.1. The monoisotopic (exact) mass is 621 g/mol. The predicted octanol–water partition coefficient (Wildman–Crippen LogP) is 4.68. The molecule has 2 aliphatic heterocycles. The van der Waals surface area contributed by atoms with Crippen LogP contribution in [0.15, 0.2) is 41.9 Å². The standard InChI is InChI=1S/C28H27Cl2F2N5O3S/c1-26(2)9-16(26)24(39)37-12-27(22(37)15-4-3-5-20-21(15)41-13-34-20)11-33-10-17(27)23(38)35-36-25(40)28(31,32)14-6-7-18(29)19(30)8-14/h3-8,13,16-17,22,33H,9-12H2,1-2H3,(H,35,38)(H,36,40)/t16-,17?,22?,27?/m1/s1. The summed E-state index contributed by atoms with van der Waals surface area (Å²) in [5.41, 5.74) is 6.12. The zero-order valence-electron chi connectivity index (χ0n) is 22.1. The van der Waals surface area contributed by atoms with Crippen LogP contribution in [0.1, 0.15) is 37.4 Å². The van der Waals surface area contributed by atoms with E-state index in [1.165, 1.54) is 17.4 Å². The van der Waals surface area contributed by atoms with Crippen LogP contribution in [0.5, 0.6) is 0 Å². The zero-order chi connectivity index (χ0) is 29.3. The molecule has 13 heteroatoms. The van der Waals surface area contributed by atoms with Gasteiger partial charge in [-0.25, -0.2) is 4.98 Å². The molecular weight excluding hydrogens is 595 g/mol. The van der Waals surface area contributed by atoms with Crippen LogP contribution in [0, 0.1) is 22.7 Å². The molecule has 0 radical (unpaired) electrons. The number of nitrogens with zero attached hydrogens (tertiary/aromatic N) is 2. The van der Waals surface area contributed by atoms with Crippen LogP contribution in [-0.4, -0.2) is 47.2 Å². The number of thiazole rings is 1. The average molecular weight is 623 g/mol. The van der Waals surface area contributed by atoms with Crippen molar-refractivity contribution in [2.75, 3.05) is 19.6 Å². The van der Waals surface area contributed by atoms with Gasteiger partial charge in [-0.05, 0) is 35.6 Å². The van der Waals surface area contributed by atoms with E-state index in [2.05, 4.69) is 29.6 Å². The number of carbonyl (C=O) groups excluding carboxylic acids is 3. The van der Waals surface area contributed by atoms with E-state index in [0.29, 0.717) is 13.1 Å². The van der Waals surface area contributed by atoms with Crippen molar-refractivity contribution < 1.29 is 23.2 Å². The van der Waals surface area contributed by atoms with Crippen LogP contribution in [0.25, 0.3) is 10.2 Å². The van der Waals surface area contributed by atoms with Gasteiger partial charge in [0.05, 0.1) is 37.7 Å². The number of carbonyl (C=O) groups is 3. The topological polar surface area (TPSA) is 103 Å². The molecule has 3 unspecified atom stereocenters. The molecule has 2 saturated heterocycles. The number of hydrazine groups is 1. The number of aromatic nitrogens is 1. The second-order valence-corrected chi connectivity index (χ2v) is 13.4. The second-order valence-electron chi connectivity index (χ2n) is 11.7. The molecule has 3 fully saturated rings. The van der Waals surface area contributed by atoms with Crippen LogP contribution in [0.3, 0.4) is 0 Å². The Morgan fingerprint density at radius 2 is 1.88 bits per heavy atom. The van der Waals surface area contributed by atoms with Crippen LogP contribution in [0.2, 0.25) is 10.0 Å². The molecular formula is C28H27Cl2F2N5O3S. The van der Waals surface area contributed by atoms with Crippen molar-refractivity contribution in [1.82, 2.24) is 26.1 Å². The van der Waals surface area contributed by atoms with Gasteiger partial charge in [-0.3, -0.25) is 25.2 Å². The normalized spacial score (nSPS) is 26.6. The van der Waals surface area contributed by atoms with Crippen molar-refractivity contribution >= 4 is 62.5 Å². The minimum Gasteiger partial charge on any atom is -0.334 e. The number of hydrogen-bond acceptors (Lipinski definition) is 6. The molecule has 1 spiro atoms. The Kier molecular flexibility index (Phi) is 6.80. The molecule has 1 saturated carbocycles. The van der Waals surface area contributed by atoms with Gasteiger partial charge in [0.2, 0.25) is 11.8 Å². The molecule has 0 bridgehead atoms. The van der Waals surface area contributed by atoms with Crippen molar-refractivity contribution in [3.8, 4) is 0 Å². The van der Waals surface area contributed by atoms with Crippen molar-refractivity contribution in [3.63, 3.8) is 0 Å². The highest BCUT2D eigenvalue weighted by molar-refractivity contribution is 7.17. The van der Waals surface area contributed by atoms with Crippen molar-refractivity contribution in [2.24, 2.45) is 22.7 Å². The summed E-state index contributed by atoms with van der Waals surface area (Å²) in [4.78, 5) is 45.8. The maximum atomic E-state index is 14.9. The molecule has 8 nitrogen and oxygen atoms in total. The van der Waals surface area contributed by atoms with Gasteiger partial charge in [0.25, 0.3) is 0 Å². The van der Waals surface area contributed by atoms with Crippen LogP contribution in [-0.2, 0) is 20.3 Å². The minimum absolute atomic E-state index is 0.0489. The molecule has 216 valence electrons. The van der Waals surface area contributed by atoms with Gasteiger partial charge in [0.15, 0.2) is 0 Å². The molecule has 2 aromatic carbocycles. The molecule has 1 aromatic heterocycles. The van der Waals surface area contributed by atoms with E-state index in [4.69, 9.17) is 23.2 Å². The number of benzene rings is 2. The molecule has 6 rings (SSSR count). The van der Waals surface area contributed by atoms with Crippen LogP contribution in [0.4, 0.5) is 8.78 Å². The van der Waals surface area contributed by atoms with Gasteiger partial charge < -0.3 is 10.2 Å². The van der Waals surface area contributed by atoms with Crippen LogP contribution >= 0.6 is 34.5 Å². The van der Waals surface area contributed by atoms with E-state index in [1.807, 2.05) is 28.5 Å². The van der Waals surface area contributed by atoms with E-state index in [0.717, 1.165) is 34.3 Å². The Hall–Kier alpha value is -2.86. The number of fused-ring (bicyclic) bond motifs is 1. The molecule has 4 atom stereocenters. The summed E-state index contributed by atoms with van der Waals surface area (Å²) in [6.45, 7) is 5.16. The molecule has 41 heavy (non-hydrogen) atoms. The van der Waals surface area contributed by atoms with Crippen molar-refractivity contribution in [3.05, 3.63) is 63.1 Å². The highest BCUT2D eigenvalue weighted by atomic mass is 35.5. The fourth-order valence-corrected chi connectivity index (χ4v) is 7.40. The highest BCUT2D eigenvalue weighted by Crippen LogP contribution is 2.60. The fraction of sp³-hybridized carbons (Fsp3) is 0.429. The average Bonchev–Trinajstić information content (AvgIpc) is 3.29. The zero-order valence-corrected chi connectivity index (χ0v) is 24.5. The lowest BCUT2D eigenvalue weighted by Crippen LogP contribution is -2.66. The summed E-state index contributed by atoms with van der Waals surface area (Å²) >= 11 is 13.1. The van der Waals surface area contributed by atoms with Gasteiger partial charge in [0.1, 0.15) is 0 Å². The van der Waals surface area contributed by atoms with Gasteiger partial charge in [-0.1, -0.05) is 55.2 Å². The van der Waals surface area contributed by atoms with E-state index in [9.17, 15) is 23.2 Å². The fourth-order valence-electron chi connectivity index (χ4n) is 6.28. The highest BCUT2D eigenvalue weighted by Gasteiger charge is 2.65. The summed E-state index contributed by atoms with van der Waals surface area (Å²) in [6, 6.07) is 8.40. The molecule has 3 amide bonds. The quantitative estimate of drug-likeness (QED) is 0.359. The Balaban J connectivity index is 1.25. The van der Waals surface area contributed by atoms with Gasteiger partial charge >= 0.3 is 11.8 Å². The number of rotatable bonds is 5. The largest absolute Gasteiger partial charge is 0.351 e. The smallest absolute Gasteiger partial charge is 0.334 e. The summed E-state index contributed by atoms with van der Waals surface area (Å²) in [5.74, 6) is -7.05. The Labute approximate surface area is 248 Å². The number of hydrogen-bond donors (Lipinski definition) is 3. The molecule has 3 aliphatic rings. The van der Waals surface area contributed by atoms with Crippen LogP contribution < -0.4 is 16.2 Å². The van der Waals surface area contributed by atoms with Gasteiger partial charge in [0, 0.05) is 36.5 Å². The Morgan fingerprint density at radius 3 is 2.59 bits per heavy atom. The number of halogens is 4. The first-order valence-corrected chi connectivity index (χ1v) is 14.8. The van der Waals surface area contributed by atoms with E-state index in [1.54, 1.807) is 5.51 Å². The summed E-state index contributed by atoms with van der Waals surface area (Å²) in [7, 11) is 0. The third-order valence-electron chi connectivity index (χ3n) is 8.78. The third kappa shape index (κ3) is 4.57. The maximum Gasteiger partial charge on any atom is 0.351 e. The molecule has 3 heterocycles. The lowest BCUT2D eigenvalue weighted by molar-refractivity contribution is -0.166. The maximum absolute atomic E-state index is 14.9. The third-order valence-corrected chi connectivity index (χ3v) is 10.4. The first kappa shape index (κ1) is 28.3. The van der Waals surface area contributed by atoms with E-state index in [-0.39, 0.29) is 33.8 Å². The summed E-state index contributed by atoms with van der Waals surface area (Å²) in [5, 5.41) is 3.21. The van der Waals surface area contributed by atoms with Gasteiger partial charge in [-0.15, -0.1) is 11.3 Å². The minimum atomic E-state index is -3.98. The number of nitrogens with one attached hydrogen (secondary N) is 3. The van der Waals surface area contributed by atoms with E-state index < -0.39 is 40.7 Å². The summed E-state index contributed by atoms with van der Waals surface area (Å²) < 4.78 is 30.7. The SMILES string of the molecule is CC1(C)C[C@@H]1C(=O)N1CC2(CNCC2C(=O)NNC(=O)C(F)(F)c2ccc(Cl)c(Cl)c2)C1c1cccc2ncsc12. The number of likely N-dealkylation sites (tertiary alicyclic amines) is 1. The number of alkyl halides is 2. The molecule has 3 N–H and O–H groups in total. The summed E-state index contributed by atoms with van der Waals surface area (Å²) in [6.07, 6.45) is 0.800. The Morgan fingerprint density at radius 1 is 1.12 bits per heavy atom. The van der Waals surface area contributed by atoms with Crippen molar-refractivity contribution in [1.29, 1.82) is 0 Å².